The number of carbonyl (C=O) groups is 2. The summed E-state index contributed by atoms with van der Waals surface area (Å²) in [5.74, 6) is -4.71. The van der Waals surface area contributed by atoms with Crippen LogP contribution in [0.5, 0.6) is 0 Å². The van der Waals surface area contributed by atoms with E-state index in [4.69, 9.17) is 18.9 Å². The summed E-state index contributed by atoms with van der Waals surface area (Å²) in [4.78, 5) is 25.2. The van der Waals surface area contributed by atoms with Crippen molar-refractivity contribution in [3.63, 3.8) is 0 Å². The second kappa shape index (κ2) is 32.3. The third-order valence-electron chi connectivity index (χ3n) is 11.7. The maximum atomic E-state index is 14.6. The Balaban J connectivity index is 2.41. The number of carboxylic acids is 1. The van der Waals surface area contributed by atoms with E-state index in [0.717, 1.165) is 0 Å². The van der Waals surface area contributed by atoms with Crippen molar-refractivity contribution in [2.45, 2.75) is 164 Å². The van der Waals surface area contributed by atoms with Crippen molar-refractivity contribution in [3.8, 4) is 0 Å². The number of hydrogen-bond acceptors (Lipinski definition) is 17. The number of halogens is 1. The number of ether oxygens (including phenoxy) is 4. The Bertz CT molecular complexity index is 1620. The molecule has 19 heteroatoms. The van der Waals surface area contributed by atoms with Crippen LogP contribution in [-0.2, 0) is 28.5 Å². The van der Waals surface area contributed by atoms with E-state index in [1.54, 1.807) is 86.8 Å². The Labute approximate surface area is 392 Å². The maximum Gasteiger partial charge on any atom is 0.311 e. The number of aliphatic hydroxyl groups excluding tert-OH is 11. The number of cyclic esters (lactones) is 1. The highest BCUT2D eigenvalue weighted by Gasteiger charge is 2.46. The van der Waals surface area contributed by atoms with E-state index in [2.05, 4.69) is 0 Å². The molecule has 18 nitrogen and oxygen atoms in total. The lowest BCUT2D eigenvalue weighted by molar-refractivity contribution is -0.300. The Kier molecular flexibility index (Phi) is 28.8. The molecule has 0 amide bonds. The fourth-order valence-electron chi connectivity index (χ4n) is 7.41. The number of carbonyl (C=O) groups excluding carboxylic acids is 1. The third kappa shape index (κ3) is 22.2. The molecule has 0 aliphatic carbocycles. The molecule has 1 fully saturated rings. The fraction of sp³-hybridized carbons (Fsp3) is 0.667. The molecule has 67 heavy (non-hydrogen) atoms. The third-order valence-corrected chi connectivity index (χ3v) is 11.7. The molecule has 0 aromatic carbocycles. The lowest BCUT2D eigenvalue weighted by Gasteiger charge is -2.40. The van der Waals surface area contributed by atoms with Crippen LogP contribution < -0.4 is 0 Å². The van der Waals surface area contributed by atoms with Crippen molar-refractivity contribution in [1.82, 2.24) is 0 Å². The molecule has 2 heterocycles. The van der Waals surface area contributed by atoms with E-state index < -0.39 is 135 Å². The van der Waals surface area contributed by atoms with Gasteiger partial charge in [-0.3, -0.25) is 9.59 Å². The second-order valence-corrected chi connectivity index (χ2v) is 17.2. The largest absolute Gasteiger partial charge is 0.481 e. The molecule has 12 N–H and O–H groups in total. The van der Waals surface area contributed by atoms with E-state index in [1.807, 2.05) is 6.92 Å². The predicted octanol–water partition coefficient (Wildman–Crippen LogP) is 0.985. The van der Waals surface area contributed by atoms with Crippen LogP contribution in [-0.4, -0.2) is 185 Å². The van der Waals surface area contributed by atoms with E-state index in [0.29, 0.717) is 0 Å². The van der Waals surface area contributed by atoms with Gasteiger partial charge in [-0.05, 0) is 39.0 Å². The van der Waals surface area contributed by atoms with E-state index in [9.17, 15) is 75.3 Å². The summed E-state index contributed by atoms with van der Waals surface area (Å²) in [7, 11) is 0. The standard InChI is InChI=1S/C48H75FO18/c1-29-16-14-12-10-8-6-4-5-7-9-11-13-15-17-35(66-48-46(61)45(60)43(49)40(28-51)67-48)27-39(42(47(62)63)37(56)20-22-50)64-23-21-33(53)25-38(57)36(55)19-18-32(52)24-34(54)26-41(58)65-31(3)30(2)44(29)59/h4-17,29-40,42-46,48,50-57,59-61H,18-28H2,1-3H3,(H,62,63)/b5-4+,8-6+,9-7+,12-10+,13-11+,16-14+,17-15+/t29-,30-,31-,32?,33?,34?,35?,36?,37-,38?,39-,40?,42+,43?,44+,45?,46?,48?/m0/s1. The number of allylic oxidation sites excluding steroid dienone is 12. The van der Waals surface area contributed by atoms with Crippen LogP contribution in [0.4, 0.5) is 4.39 Å². The van der Waals surface area contributed by atoms with Gasteiger partial charge in [0.05, 0.1) is 68.0 Å². The molecular formula is C48H75FO18. The van der Waals surface area contributed by atoms with Crippen LogP contribution in [0.25, 0.3) is 0 Å². The van der Waals surface area contributed by atoms with E-state index in [-0.39, 0.29) is 57.5 Å². The van der Waals surface area contributed by atoms with Crippen molar-refractivity contribution in [1.29, 1.82) is 0 Å². The number of rotatable bonds is 8. The summed E-state index contributed by atoms with van der Waals surface area (Å²) in [6.07, 6.45) is -0.501. The lowest BCUT2D eigenvalue weighted by Crippen LogP contribution is -2.58. The summed E-state index contributed by atoms with van der Waals surface area (Å²) in [6, 6.07) is 0. The molecule has 0 spiro atoms. The first-order valence-electron chi connectivity index (χ1n) is 22.8. The van der Waals surface area contributed by atoms with E-state index in [1.165, 1.54) is 12.2 Å². The first-order chi connectivity index (χ1) is 31.8. The highest BCUT2D eigenvalue weighted by molar-refractivity contribution is 5.71. The Morgan fingerprint density at radius 2 is 1.30 bits per heavy atom. The maximum absolute atomic E-state index is 14.6. The van der Waals surface area contributed by atoms with Gasteiger partial charge < -0.3 is 80.2 Å². The molecular weight excluding hydrogens is 884 g/mol. The normalized spacial score (nSPS) is 40.2. The van der Waals surface area contributed by atoms with Crippen molar-refractivity contribution < 1.29 is 94.2 Å². The minimum absolute atomic E-state index is 0.0907. The highest BCUT2D eigenvalue weighted by Crippen LogP contribution is 2.29. The molecule has 0 radical (unpaired) electrons. The van der Waals surface area contributed by atoms with Crippen molar-refractivity contribution in [3.05, 3.63) is 85.1 Å². The SMILES string of the molecule is C[C@@H]1[C@H](O)[C@@H](C)/C=C/C=C/C=C/C=C/C=C/C=C/C=C/C(OC2OC(CO)C(F)C(O)C2O)C[C@@H]([C@H](C(=O)O)[C@@H](O)CCO)OCCC(O)CC(O)C(O)CCC(O)CC(O)CC(=O)O[C@H]1C. The molecule has 0 aromatic heterocycles. The minimum atomic E-state index is -2.16. The van der Waals surface area contributed by atoms with Gasteiger partial charge >= 0.3 is 11.9 Å². The smallest absolute Gasteiger partial charge is 0.311 e. The van der Waals surface area contributed by atoms with Gasteiger partial charge in [0, 0.05) is 37.9 Å². The zero-order chi connectivity index (χ0) is 50.1. The Morgan fingerprint density at radius 3 is 1.87 bits per heavy atom. The number of aliphatic hydroxyl groups is 11. The molecule has 382 valence electrons. The number of aliphatic carboxylic acids is 1. The molecule has 1 saturated heterocycles. The van der Waals surface area contributed by atoms with Crippen molar-refractivity contribution in [2.24, 2.45) is 17.8 Å². The summed E-state index contributed by atoms with van der Waals surface area (Å²) in [6.45, 7) is 3.37. The summed E-state index contributed by atoms with van der Waals surface area (Å²) < 4.78 is 37.3. The van der Waals surface area contributed by atoms with Crippen LogP contribution >= 0.6 is 0 Å². The van der Waals surface area contributed by atoms with Gasteiger partial charge in [0.1, 0.15) is 30.3 Å². The van der Waals surface area contributed by atoms with E-state index >= 15 is 0 Å². The van der Waals surface area contributed by atoms with Gasteiger partial charge in [-0.15, -0.1) is 0 Å². The molecule has 2 rings (SSSR count). The fourth-order valence-corrected chi connectivity index (χ4v) is 7.41. The topological polar surface area (TPSA) is 314 Å². The van der Waals surface area contributed by atoms with Crippen LogP contribution in [0.15, 0.2) is 85.1 Å². The Hall–Kier alpha value is -3.51. The van der Waals surface area contributed by atoms with Crippen LogP contribution in [0.1, 0.15) is 72.1 Å². The minimum Gasteiger partial charge on any atom is -0.481 e. The zero-order valence-corrected chi connectivity index (χ0v) is 38.4. The van der Waals surface area contributed by atoms with Gasteiger partial charge in [0.2, 0.25) is 0 Å². The molecule has 11 unspecified atom stereocenters. The van der Waals surface area contributed by atoms with Crippen molar-refractivity contribution >= 4 is 11.9 Å². The molecule has 0 bridgehead atoms. The molecule has 0 aromatic rings. The lowest BCUT2D eigenvalue weighted by atomic mass is 9.89. The van der Waals surface area contributed by atoms with Crippen LogP contribution in [0.3, 0.4) is 0 Å². The number of alkyl halides is 1. The second-order valence-electron chi connectivity index (χ2n) is 17.2. The van der Waals surface area contributed by atoms with Gasteiger partial charge in [0.25, 0.3) is 0 Å². The summed E-state index contributed by atoms with van der Waals surface area (Å²) in [5, 5.41) is 125. The quantitative estimate of drug-likeness (QED) is 0.151. The van der Waals surface area contributed by atoms with Crippen LogP contribution in [0, 0.1) is 17.8 Å². The monoisotopic (exact) mass is 958 g/mol. The average molecular weight is 959 g/mol. The van der Waals surface area contributed by atoms with Crippen LogP contribution in [0.2, 0.25) is 0 Å². The van der Waals surface area contributed by atoms with Gasteiger partial charge in [-0.2, -0.15) is 0 Å². The Morgan fingerprint density at radius 1 is 0.731 bits per heavy atom. The molecule has 2 aliphatic rings. The average Bonchev–Trinajstić information content (AvgIpc) is 3.27. The number of esters is 1. The van der Waals surface area contributed by atoms with Gasteiger partial charge in [-0.1, -0.05) is 98.9 Å². The first kappa shape index (κ1) is 59.6. The number of hydrogen-bond donors (Lipinski definition) is 12. The molecule has 18 atom stereocenters. The van der Waals surface area contributed by atoms with Gasteiger partial charge in [-0.25, -0.2) is 4.39 Å². The summed E-state index contributed by atoms with van der Waals surface area (Å²) >= 11 is 0. The molecule has 2 aliphatic heterocycles. The first-order valence-corrected chi connectivity index (χ1v) is 22.8. The van der Waals surface area contributed by atoms with Gasteiger partial charge in [0.15, 0.2) is 12.5 Å². The van der Waals surface area contributed by atoms with Crippen molar-refractivity contribution in [2.75, 3.05) is 19.8 Å². The summed E-state index contributed by atoms with van der Waals surface area (Å²) in [5.41, 5.74) is 0. The number of carboxylic acid groups (broad SMARTS) is 1. The molecule has 0 saturated carbocycles. The predicted molar refractivity (Wildman–Crippen MR) is 242 cm³/mol. The highest BCUT2D eigenvalue weighted by atomic mass is 19.1. The zero-order valence-electron chi connectivity index (χ0n) is 38.4.